The van der Waals surface area contributed by atoms with Gasteiger partial charge in [0.1, 0.15) is 22.3 Å². The molecule has 0 fully saturated rings. The Labute approximate surface area is 278 Å². The zero-order chi connectivity index (χ0) is 32.1. The number of aromatic nitrogens is 4. The molecule has 0 N–H and O–H groups in total. The summed E-state index contributed by atoms with van der Waals surface area (Å²) in [5, 5.41) is 8.49. The molecule has 49 heavy (non-hydrogen) atoms. The predicted molar refractivity (Wildman–Crippen MR) is 197 cm³/mol. The van der Waals surface area contributed by atoms with E-state index in [9.17, 15) is 0 Å². The second kappa shape index (κ2) is 9.86. The average molecular weight is 629 g/mol. The van der Waals surface area contributed by atoms with E-state index in [4.69, 9.17) is 23.8 Å². The molecule has 0 saturated heterocycles. The Bertz CT molecular complexity index is 3040. The molecule has 4 aromatic heterocycles. The van der Waals surface area contributed by atoms with Crippen molar-refractivity contribution in [3.63, 3.8) is 0 Å². The molecule has 0 saturated carbocycles. The van der Waals surface area contributed by atoms with Crippen LogP contribution in [0.5, 0.6) is 0 Å². The van der Waals surface area contributed by atoms with Gasteiger partial charge in [0.15, 0.2) is 11.6 Å². The zero-order valence-corrected chi connectivity index (χ0v) is 26.0. The Morgan fingerprint density at radius 2 is 0.959 bits per heavy atom. The van der Waals surface area contributed by atoms with Crippen molar-refractivity contribution in [1.82, 2.24) is 19.5 Å². The Morgan fingerprint density at radius 1 is 0.388 bits per heavy atom. The van der Waals surface area contributed by atoms with Crippen LogP contribution in [0, 0.1) is 0 Å². The molecule has 11 aromatic rings. The van der Waals surface area contributed by atoms with Crippen LogP contribution in [0.4, 0.5) is 0 Å². The van der Waals surface area contributed by atoms with Gasteiger partial charge in [-0.3, -0.25) is 4.57 Å². The Hall–Kier alpha value is -6.79. The summed E-state index contributed by atoms with van der Waals surface area (Å²) >= 11 is 0. The molecular weight excluding hydrogens is 604 g/mol. The summed E-state index contributed by atoms with van der Waals surface area (Å²) in [5.74, 6) is 1.74. The Balaban J connectivity index is 1.39. The maximum absolute atomic E-state index is 6.86. The molecule has 6 heteroatoms. The standard InChI is InChI=1S/C43H24N4O2/c1-3-13-25(14-4-1)41-44-42(26-15-5-2-6-16-26)46-43(45-41)47-31-20-10-7-17-27(31)38-39(47)30-23-24-34-35(28-18-8-11-21-32(28)48-34)36(30)37-29-19-9-12-22-33(29)49-40(37)38/h1-24H. The average Bonchev–Trinajstić information content (AvgIpc) is 3.85. The van der Waals surface area contributed by atoms with E-state index < -0.39 is 0 Å². The van der Waals surface area contributed by atoms with Gasteiger partial charge >= 0.3 is 0 Å². The van der Waals surface area contributed by atoms with Crippen molar-refractivity contribution in [3.8, 4) is 28.7 Å². The highest BCUT2D eigenvalue weighted by atomic mass is 16.3. The van der Waals surface area contributed by atoms with Crippen LogP contribution < -0.4 is 0 Å². The first-order chi connectivity index (χ1) is 24.3. The molecule has 4 heterocycles. The van der Waals surface area contributed by atoms with Gasteiger partial charge < -0.3 is 8.83 Å². The van der Waals surface area contributed by atoms with Gasteiger partial charge in [-0.05, 0) is 30.3 Å². The molecule has 7 aromatic carbocycles. The number of benzene rings is 7. The lowest BCUT2D eigenvalue weighted by Gasteiger charge is -2.12. The first-order valence-corrected chi connectivity index (χ1v) is 16.3. The van der Waals surface area contributed by atoms with Crippen LogP contribution in [0.3, 0.4) is 0 Å². The van der Waals surface area contributed by atoms with Crippen molar-refractivity contribution in [2.75, 3.05) is 0 Å². The lowest BCUT2D eigenvalue weighted by atomic mass is 9.96. The number of rotatable bonds is 3. The van der Waals surface area contributed by atoms with E-state index in [-0.39, 0.29) is 0 Å². The van der Waals surface area contributed by atoms with Gasteiger partial charge in [0.05, 0.1) is 16.4 Å². The maximum atomic E-state index is 6.86. The molecular formula is C43H24N4O2. The van der Waals surface area contributed by atoms with Gasteiger partial charge in [0.2, 0.25) is 5.95 Å². The summed E-state index contributed by atoms with van der Waals surface area (Å²) in [6.45, 7) is 0. The topological polar surface area (TPSA) is 69.9 Å². The molecule has 0 amide bonds. The van der Waals surface area contributed by atoms with E-state index in [1.54, 1.807) is 0 Å². The quantitative estimate of drug-likeness (QED) is 0.195. The first kappa shape index (κ1) is 26.3. The monoisotopic (exact) mass is 628 g/mol. The van der Waals surface area contributed by atoms with Crippen LogP contribution in [0.15, 0.2) is 154 Å². The number of hydrogen-bond donors (Lipinski definition) is 0. The fourth-order valence-corrected chi connectivity index (χ4v) is 7.57. The van der Waals surface area contributed by atoms with E-state index in [1.807, 2.05) is 84.9 Å². The van der Waals surface area contributed by atoms with Crippen molar-refractivity contribution in [3.05, 3.63) is 146 Å². The first-order valence-electron chi connectivity index (χ1n) is 16.3. The lowest BCUT2D eigenvalue weighted by Crippen LogP contribution is -2.06. The van der Waals surface area contributed by atoms with Crippen molar-refractivity contribution in [2.45, 2.75) is 0 Å². The second-order valence-corrected chi connectivity index (χ2v) is 12.4. The molecule has 0 aliphatic rings. The van der Waals surface area contributed by atoms with Crippen LogP contribution in [0.2, 0.25) is 0 Å². The van der Waals surface area contributed by atoms with Crippen LogP contribution in [-0.2, 0) is 0 Å². The summed E-state index contributed by atoms with van der Waals surface area (Å²) < 4.78 is 15.5. The minimum Gasteiger partial charge on any atom is -0.456 e. The number of hydrogen-bond acceptors (Lipinski definition) is 5. The highest BCUT2D eigenvalue weighted by Crippen LogP contribution is 2.48. The maximum Gasteiger partial charge on any atom is 0.238 e. The third-order valence-electron chi connectivity index (χ3n) is 9.63. The number of nitrogens with zero attached hydrogens (tertiary/aromatic N) is 4. The van der Waals surface area contributed by atoms with Gasteiger partial charge in [-0.25, -0.2) is 4.98 Å². The molecule has 6 nitrogen and oxygen atoms in total. The summed E-state index contributed by atoms with van der Waals surface area (Å²) in [4.78, 5) is 15.4. The highest BCUT2D eigenvalue weighted by Gasteiger charge is 2.26. The van der Waals surface area contributed by atoms with Gasteiger partial charge in [0.25, 0.3) is 0 Å². The number of furan rings is 2. The second-order valence-electron chi connectivity index (χ2n) is 12.4. The molecule has 0 bridgehead atoms. The van der Waals surface area contributed by atoms with Gasteiger partial charge in [-0.2, -0.15) is 9.97 Å². The fourth-order valence-electron chi connectivity index (χ4n) is 7.57. The molecule has 0 radical (unpaired) electrons. The smallest absolute Gasteiger partial charge is 0.238 e. The van der Waals surface area contributed by atoms with Crippen molar-refractivity contribution >= 4 is 76.5 Å². The molecule has 11 rings (SSSR count). The van der Waals surface area contributed by atoms with Crippen molar-refractivity contribution in [1.29, 1.82) is 0 Å². The molecule has 0 aliphatic carbocycles. The van der Waals surface area contributed by atoms with E-state index in [2.05, 4.69) is 65.2 Å². The van der Waals surface area contributed by atoms with Crippen LogP contribution in [0.1, 0.15) is 0 Å². The molecule has 0 unspecified atom stereocenters. The van der Waals surface area contributed by atoms with Gasteiger partial charge in [-0.15, -0.1) is 0 Å². The number of fused-ring (bicyclic) bond motifs is 14. The number of para-hydroxylation sites is 3. The SMILES string of the molecule is c1ccc(-c2nc(-c3ccccc3)nc(-n3c4ccccc4c4c5oc6ccccc6c5c5c(ccc6oc7ccccc7c65)c43)n2)cc1. The van der Waals surface area contributed by atoms with E-state index in [0.717, 1.165) is 87.6 Å². The van der Waals surface area contributed by atoms with Crippen LogP contribution in [0.25, 0.3) is 105 Å². The minimum absolute atomic E-state index is 0.535. The van der Waals surface area contributed by atoms with Crippen LogP contribution >= 0.6 is 0 Å². The van der Waals surface area contributed by atoms with Crippen molar-refractivity contribution < 1.29 is 8.83 Å². The molecule has 228 valence electrons. The van der Waals surface area contributed by atoms with Crippen LogP contribution in [-0.4, -0.2) is 19.5 Å². The summed E-state index contributed by atoms with van der Waals surface area (Å²) in [5.41, 5.74) is 7.14. The minimum atomic E-state index is 0.535. The third-order valence-corrected chi connectivity index (χ3v) is 9.63. The molecule has 0 atom stereocenters. The normalized spacial score (nSPS) is 12.1. The zero-order valence-electron chi connectivity index (χ0n) is 26.0. The summed E-state index contributed by atoms with van der Waals surface area (Å²) in [6.07, 6.45) is 0. The Kier molecular flexibility index (Phi) is 5.29. The Morgan fingerprint density at radius 3 is 1.65 bits per heavy atom. The largest absolute Gasteiger partial charge is 0.456 e. The fraction of sp³-hybridized carbons (Fsp3) is 0. The van der Waals surface area contributed by atoms with Gasteiger partial charge in [-0.1, -0.05) is 115 Å². The van der Waals surface area contributed by atoms with E-state index >= 15 is 0 Å². The lowest BCUT2D eigenvalue weighted by molar-refractivity contribution is 0.669. The molecule has 0 aliphatic heterocycles. The molecule has 0 spiro atoms. The van der Waals surface area contributed by atoms with Crippen molar-refractivity contribution in [2.24, 2.45) is 0 Å². The van der Waals surface area contributed by atoms with E-state index in [0.29, 0.717) is 17.6 Å². The highest BCUT2D eigenvalue weighted by molar-refractivity contribution is 6.40. The summed E-state index contributed by atoms with van der Waals surface area (Å²) in [7, 11) is 0. The third kappa shape index (κ3) is 3.68. The predicted octanol–water partition coefficient (Wildman–Crippen LogP) is 11.3. The summed E-state index contributed by atoms with van der Waals surface area (Å²) in [6, 6.07) is 49.4. The van der Waals surface area contributed by atoms with E-state index in [1.165, 1.54) is 0 Å². The van der Waals surface area contributed by atoms with Gasteiger partial charge in [0, 0.05) is 48.8 Å².